The molecule has 1 aliphatic rings. The number of nitrogens with zero attached hydrogens (tertiary/aromatic N) is 1. The van der Waals surface area contributed by atoms with Crippen molar-refractivity contribution in [2.24, 2.45) is 0 Å². The molecular weight excluding hydrogens is 313 g/mol. The van der Waals surface area contributed by atoms with Gasteiger partial charge in [-0.05, 0) is 38.1 Å². The number of alkyl carbamates (subject to hydrolysis) is 1. The lowest BCUT2D eigenvalue weighted by molar-refractivity contribution is -0.137. The third-order valence-corrected chi connectivity index (χ3v) is 3.32. The van der Waals surface area contributed by atoms with Crippen LogP contribution in [0.25, 0.3) is 0 Å². The second-order valence-corrected chi connectivity index (χ2v) is 5.52. The van der Waals surface area contributed by atoms with E-state index in [1.54, 1.807) is 13.8 Å². The highest BCUT2D eigenvalue weighted by Gasteiger charge is 2.36. The minimum atomic E-state index is -4.42. The van der Waals surface area contributed by atoms with Crippen molar-refractivity contribution in [3.8, 4) is 0 Å². The Hall–Kier alpha value is -2.25. The summed E-state index contributed by atoms with van der Waals surface area (Å²) in [5.74, 6) is -0.441. The van der Waals surface area contributed by atoms with E-state index < -0.39 is 29.8 Å². The van der Waals surface area contributed by atoms with Crippen LogP contribution >= 0.6 is 0 Å². The summed E-state index contributed by atoms with van der Waals surface area (Å²) in [4.78, 5) is 25.0. The standard InChI is InChI=1S/C15H17F3N2O3/c1-9(2)19-14(22)23-12-7-8-20(13(12)21)11-5-3-10(4-6-11)15(16,17)18/h3-6,9,12H,7-8H2,1-2H3,(H,19,22). The summed E-state index contributed by atoms with van der Waals surface area (Å²) >= 11 is 0. The van der Waals surface area contributed by atoms with E-state index in [2.05, 4.69) is 5.32 Å². The average molecular weight is 330 g/mol. The Bertz CT molecular complexity index is 585. The van der Waals surface area contributed by atoms with E-state index >= 15 is 0 Å². The van der Waals surface area contributed by atoms with Crippen LogP contribution in [0.5, 0.6) is 0 Å². The van der Waals surface area contributed by atoms with Crippen molar-refractivity contribution >= 4 is 17.7 Å². The number of hydrogen-bond donors (Lipinski definition) is 1. The molecule has 0 aliphatic carbocycles. The van der Waals surface area contributed by atoms with Gasteiger partial charge in [0.2, 0.25) is 0 Å². The first-order valence-electron chi connectivity index (χ1n) is 7.14. The molecule has 1 fully saturated rings. The molecule has 1 unspecified atom stereocenters. The average Bonchev–Trinajstić information content (AvgIpc) is 2.78. The van der Waals surface area contributed by atoms with Gasteiger partial charge >= 0.3 is 12.3 Å². The van der Waals surface area contributed by atoms with E-state index in [1.165, 1.54) is 17.0 Å². The fraction of sp³-hybridized carbons (Fsp3) is 0.467. The fourth-order valence-corrected chi connectivity index (χ4v) is 2.25. The van der Waals surface area contributed by atoms with Gasteiger partial charge in [-0.15, -0.1) is 0 Å². The van der Waals surface area contributed by atoms with Crippen molar-refractivity contribution in [3.05, 3.63) is 29.8 Å². The van der Waals surface area contributed by atoms with Crippen LogP contribution in [0.2, 0.25) is 0 Å². The number of ether oxygens (including phenoxy) is 1. The molecule has 0 aromatic heterocycles. The van der Waals surface area contributed by atoms with Gasteiger partial charge < -0.3 is 15.0 Å². The molecule has 1 aromatic carbocycles. The summed E-state index contributed by atoms with van der Waals surface area (Å²) in [6.45, 7) is 3.79. The molecule has 1 N–H and O–H groups in total. The first-order chi connectivity index (χ1) is 10.7. The van der Waals surface area contributed by atoms with Gasteiger partial charge in [0, 0.05) is 24.7 Å². The van der Waals surface area contributed by atoms with Crippen molar-refractivity contribution in [3.63, 3.8) is 0 Å². The SMILES string of the molecule is CC(C)NC(=O)OC1CCN(c2ccc(C(F)(F)F)cc2)C1=O. The highest BCUT2D eigenvalue weighted by molar-refractivity contribution is 5.99. The van der Waals surface area contributed by atoms with Gasteiger partial charge in [-0.25, -0.2) is 4.79 Å². The summed E-state index contributed by atoms with van der Waals surface area (Å²) in [6, 6.07) is 4.18. The molecule has 0 spiro atoms. The van der Waals surface area contributed by atoms with Crippen molar-refractivity contribution in [2.45, 2.75) is 38.6 Å². The Balaban J connectivity index is 2.03. The van der Waals surface area contributed by atoms with Gasteiger partial charge in [0.1, 0.15) is 0 Å². The molecule has 126 valence electrons. The van der Waals surface area contributed by atoms with E-state index in [0.717, 1.165) is 12.1 Å². The number of alkyl halides is 3. The molecule has 8 heteroatoms. The maximum Gasteiger partial charge on any atom is 0.416 e. The smallest absolute Gasteiger partial charge is 0.416 e. The lowest BCUT2D eigenvalue weighted by Gasteiger charge is -2.18. The summed E-state index contributed by atoms with van der Waals surface area (Å²) in [5.41, 5.74) is -0.435. The molecule has 1 saturated heterocycles. The highest BCUT2D eigenvalue weighted by Crippen LogP contribution is 2.31. The predicted octanol–water partition coefficient (Wildman–Crippen LogP) is 2.95. The number of anilines is 1. The Labute approximate surface area is 131 Å². The van der Waals surface area contributed by atoms with Crippen LogP contribution in [0, 0.1) is 0 Å². The Morgan fingerprint density at radius 2 is 1.91 bits per heavy atom. The maximum atomic E-state index is 12.5. The van der Waals surface area contributed by atoms with Crippen LogP contribution in [-0.4, -0.2) is 30.7 Å². The zero-order valence-corrected chi connectivity index (χ0v) is 12.7. The number of carbonyl (C=O) groups excluding carboxylic acids is 2. The fourth-order valence-electron chi connectivity index (χ4n) is 2.25. The second kappa shape index (κ2) is 6.47. The Kier molecular flexibility index (Phi) is 4.82. The number of rotatable bonds is 3. The monoisotopic (exact) mass is 330 g/mol. The lowest BCUT2D eigenvalue weighted by atomic mass is 10.2. The van der Waals surface area contributed by atoms with Crippen LogP contribution in [0.15, 0.2) is 24.3 Å². The predicted molar refractivity (Wildman–Crippen MR) is 77.0 cm³/mol. The summed E-state index contributed by atoms with van der Waals surface area (Å²) in [7, 11) is 0. The topological polar surface area (TPSA) is 58.6 Å². The number of carbonyl (C=O) groups is 2. The quantitative estimate of drug-likeness (QED) is 0.927. The van der Waals surface area contributed by atoms with Crippen molar-refractivity contribution < 1.29 is 27.5 Å². The van der Waals surface area contributed by atoms with Gasteiger partial charge in [0.25, 0.3) is 5.91 Å². The molecule has 0 saturated carbocycles. The van der Waals surface area contributed by atoms with Crippen LogP contribution < -0.4 is 10.2 Å². The number of hydrogen-bond acceptors (Lipinski definition) is 3. The van der Waals surface area contributed by atoms with E-state index in [-0.39, 0.29) is 12.6 Å². The van der Waals surface area contributed by atoms with Crippen molar-refractivity contribution in [2.75, 3.05) is 11.4 Å². The lowest BCUT2D eigenvalue weighted by Crippen LogP contribution is -2.37. The minimum absolute atomic E-state index is 0.120. The molecule has 1 aromatic rings. The van der Waals surface area contributed by atoms with Gasteiger partial charge in [-0.2, -0.15) is 13.2 Å². The molecule has 23 heavy (non-hydrogen) atoms. The van der Waals surface area contributed by atoms with E-state index in [0.29, 0.717) is 12.1 Å². The summed E-state index contributed by atoms with van der Waals surface area (Å²) in [6.07, 6.45) is -5.73. The van der Waals surface area contributed by atoms with Gasteiger partial charge in [-0.1, -0.05) is 0 Å². The zero-order valence-electron chi connectivity index (χ0n) is 12.7. The van der Waals surface area contributed by atoms with E-state index in [1.807, 2.05) is 0 Å². The Morgan fingerprint density at radius 3 is 2.43 bits per heavy atom. The van der Waals surface area contributed by atoms with Crippen molar-refractivity contribution in [1.82, 2.24) is 5.32 Å². The van der Waals surface area contributed by atoms with Gasteiger partial charge in [0.15, 0.2) is 6.10 Å². The molecule has 1 aliphatic heterocycles. The van der Waals surface area contributed by atoms with Gasteiger partial charge in [0.05, 0.1) is 5.56 Å². The number of benzene rings is 1. The number of nitrogens with one attached hydrogen (secondary N) is 1. The molecule has 0 radical (unpaired) electrons. The van der Waals surface area contributed by atoms with Crippen LogP contribution in [-0.2, 0) is 15.7 Å². The molecule has 0 bridgehead atoms. The highest BCUT2D eigenvalue weighted by atomic mass is 19.4. The Morgan fingerprint density at radius 1 is 1.30 bits per heavy atom. The summed E-state index contributed by atoms with van der Waals surface area (Å²) in [5, 5.41) is 2.51. The molecule has 2 amide bonds. The maximum absolute atomic E-state index is 12.5. The largest absolute Gasteiger partial charge is 0.436 e. The van der Waals surface area contributed by atoms with Crippen LogP contribution in [0.3, 0.4) is 0 Å². The van der Waals surface area contributed by atoms with E-state index in [9.17, 15) is 22.8 Å². The first kappa shape index (κ1) is 17.1. The normalized spacial score (nSPS) is 18.4. The van der Waals surface area contributed by atoms with Gasteiger partial charge in [-0.3, -0.25) is 4.79 Å². The van der Waals surface area contributed by atoms with Crippen LogP contribution in [0.4, 0.5) is 23.7 Å². The molecule has 1 heterocycles. The van der Waals surface area contributed by atoms with E-state index in [4.69, 9.17) is 4.74 Å². The zero-order chi connectivity index (χ0) is 17.2. The molecule has 2 rings (SSSR count). The molecular formula is C15H17F3N2O3. The minimum Gasteiger partial charge on any atom is -0.436 e. The first-order valence-corrected chi connectivity index (χ1v) is 7.14. The summed E-state index contributed by atoms with van der Waals surface area (Å²) < 4.78 is 42.7. The number of amides is 2. The third-order valence-electron chi connectivity index (χ3n) is 3.32. The molecule has 1 atom stereocenters. The van der Waals surface area contributed by atoms with Crippen molar-refractivity contribution in [1.29, 1.82) is 0 Å². The second-order valence-electron chi connectivity index (χ2n) is 5.52. The van der Waals surface area contributed by atoms with Crippen LogP contribution in [0.1, 0.15) is 25.8 Å². The third kappa shape index (κ3) is 4.14. The molecule has 5 nitrogen and oxygen atoms in total. The number of halogens is 3.